The molecule has 0 spiro atoms. The molecular weight excluding hydrogens is 178 g/mol. The van der Waals surface area contributed by atoms with Gasteiger partial charge in [-0.2, -0.15) is 5.10 Å². The highest BCUT2D eigenvalue weighted by Crippen LogP contribution is 2.32. The highest BCUT2D eigenvalue weighted by molar-refractivity contribution is 5.93. The molecule has 1 aromatic rings. The van der Waals surface area contributed by atoms with Crippen LogP contribution in [0, 0.1) is 5.92 Å². The molecule has 1 heterocycles. The van der Waals surface area contributed by atoms with E-state index in [0.29, 0.717) is 0 Å². The van der Waals surface area contributed by atoms with Crippen molar-refractivity contribution >= 4 is 11.7 Å². The Morgan fingerprint density at radius 3 is 3.07 bits per heavy atom. The van der Waals surface area contributed by atoms with Crippen LogP contribution in [0.5, 0.6) is 0 Å². The molecule has 2 aliphatic carbocycles. The Hall–Kier alpha value is -1.32. The van der Waals surface area contributed by atoms with Crippen LogP contribution in [0.2, 0.25) is 0 Å². The van der Waals surface area contributed by atoms with Crippen LogP contribution in [0.1, 0.15) is 30.5 Å². The van der Waals surface area contributed by atoms with Crippen LogP contribution in [0.15, 0.2) is 0 Å². The van der Waals surface area contributed by atoms with Gasteiger partial charge < -0.3 is 5.32 Å². The monoisotopic (exact) mass is 191 g/mol. The molecule has 1 fully saturated rings. The average Bonchev–Trinajstić information content (AvgIpc) is 2.81. The lowest BCUT2D eigenvalue weighted by molar-refractivity contribution is -0.117. The summed E-state index contributed by atoms with van der Waals surface area (Å²) in [5, 5.41) is 10.0. The molecule has 4 nitrogen and oxygen atoms in total. The second-order valence-corrected chi connectivity index (χ2v) is 4.15. The van der Waals surface area contributed by atoms with Gasteiger partial charge in [-0.05, 0) is 32.1 Å². The molecule has 0 unspecified atom stereocenters. The quantitative estimate of drug-likeness (QED) is 0.739. The summed E-state index contributed by atoms with van der Waals surface area (Å²) in [7, 11) is 0. The summed E-state index contributed by atoms with van der Waals surface area (Å²) < 4.78 is 0. The zero-order valence-electron chi connectivity index (χ0n) is 7.97. The Morgan fingerprint density at radius 2 is 2.29 bits per heavy atom. The molecule has 1 aromatic heterocycles. The molecule has 4 heteroatoms. The van der Waals surface area contributed by atoms with Crippen molar-refractivity contribution in [3.8, 4) is 0 Å². The molecule has 0 aliphatic heterocycles. The Morgan fingerprint density at radius 1 is 1.43 bits per heavy atom. The van der Waals surface area contributed by atoms with Gasteiger partial charge >= 0.3 is 0 Å². The van der Waals surface area contributed by atoms with Gasteiger partial charge in [0.25, 0.3) is 0 Å². The number of nitrogens with zero attached hydrogens (tertiary/aromatic N) is 1. The third kappa shape index (κ3) is 1.22. The molecule has 2 aliphatic rings. The largest absolute Gasteiger partial charge is 0.309 e. The van der Waals surface area contributed by atoms with Gasteiger partial charge in [-0.3, -0.25) is 9.89 Å². The lowest BCUT2D eigenvalue weighted by Gasteiger charge is -2.01. The SMILES string of the molecule is O=C(Nc1n[nH]c2c1CCC2)C1CC1. The van der Waals surface area contributed by atoms with E-state index in [0.717, 1.165) is 31.5 Å². The van der Waals surface area contributed by atoms with E-state index in [4.69, 9.17) is 0 Å². The second-order valence-electron chi connectivity index (χ2n) is 4.15. The second kappa shape index (κ2) is 2.83. The number of nitrogens with one attached hydrogen (secondary N) is 2. The minimum absolute atomic E-state index is 0.145. The molecule has 74 valence electrons. The van der Waals surface area contributed by atoms with Gasteiger partial charge in [0.15, 0.2) is 5.82 Å². The van der Waals surface area contributed by atoms with Crippen LogP contribution >= 0.6 is 0 Å². The van der Waals surface area contributed by atoms with Crippen LogP contribution < -0.4 is 5.32 Å². The highest BCUT2D eigenvalue weighted by atomic mass is 16.2. The van der Waals surface area contributed by atoms with E-state index in [1.807, 2.05) is 0 Å². The summed E-state index contributed by atoms with van der Waals surface area (Å²) >= 11 is 0. The first-order valence-electron chi connectivity index (χ1n) is 5.21. The number of aromatic amines is 1. The van der Waals surface area contributed by atoms with Crippen molar-refractivity contribution in [2.24, 2.45) is 5.92 Å². The first kappa shape index (κ1) is 8.03. The van der Waals surface area contributed by atoms with Gasteiger partial charge in [0.1, 0.15) is 0 Å². The summed E-state index contributed by atoms with van der Waals surface area (Å²) in [6.45, 7) is 0. The molecule has 0 radical (unpaired) electrons. The van der Waals surface area contributed by atoms with E-state index in [1.165, 1.54) is 17.7 Å². The molecule has 0 bridgehead atoms. The molecule has 0 saturated heterocycles. The van der Waals surface area contributed by atoms with E-state index >= 15 is 0 Å². The standard InChI is InChI=1S/C10H13N3O/c14-10(6-4-5-6)11-9-7-2-1-3-8(7)12-13-9/h6H,1-5H2,(H2,11,12,13,14). The van der Waals surface area contributed by atoms with Gasteiger partial charge in [-0.15, -0.1) is 0 Å². The van der Waals surface area contributed by atoms with Crippen molar-refractivity contribution in [2.75, 3.05) is 5.32 Å². The maximum absolute atomic E-state index is 11.5. The molecule has 14 heavy (non-hydrogen) atoms. The number of hydrogen-bond acceptors (Lipinski definition) is 2. The van der Waals surface area contributed by atoms with Crippen molar-refractivity contribution in [2.45, 2.75) is 32.1 Å². The predicted molar refractivity (Wildman–Crippen MR) is 52.0 cm³/mol. The normalized spacial score (nSPS) is 19.4. The maximum Gasteiger partial charge on any atom is 0.228 e. The number of carbonyl (C=O) groups is 1. The maximum atomic E-state index is 11.5. The first-order chi connectivity index (χ1) is 6.84. The molecule has 1 amide bonds. The summed E-state index contributed by atoms with van der Waals surface area (Å²) in [4.78, 5) is 11.5. The van der Waals surface area contributed by atoms with Crippen molar-refractivity contribution in [3.63, 3.8) is 0 Å². The number of hydrogen-bond donors (Lipinski definition) is 2. The van der Waals surface area contributed by atoms with Crippen LogP contribution in [0.25, 0.3) is 0 Å². The fourth-order valence-corrected chi connectivity index (χ4v) is 1.99. The Bertz CT molecular complexity index is 379. The highest BCUT2D eigenvalue weighted by Gasteiger charge is 2.31. The molecule has 0 aromatic carbocycles. The summed E-state index contributed by atoms with van der Waals surface area (Å²) in [5.74, 6) is 1.17. The number of aryl methyl sites for hydroxylation is 1. The molecule has 0 atom stereocenters. The number of amides is 1. The van der Waals surface area contributed by atoms with Crippen molar-refractivity contribution in [3.05, 3.63) is 11.3 Å². The van der Waals surface area contributed by atoms with Crippen molar-refractivity contribution in [1.82, 2.24) is 10.2 Å². The van der Waals surface area contributed by atoms with Gasteiger partial charge in [0.05, 0.1) is 0 Å². The Kier molecular flexibility index (Phi) is 1.63. The zero-order valence-corrected chi connectivity index (χ0v) is 7.97. The molecule has 3 rings (SSSR count). The predicted octanol–water partition coefficient (Wildman–Crippen LogP) is 1.25. The van der Waals surface area contributed by atoms with E-state index in [-0.39, 0.29) is 11.8 Å². The smallest absolute Gasteiger partial charge is 0.228 e. The summed E-state index contributed by atoms with van der Waals surface area (Å²) in [6.07, 6.45) is 5.38. The van der Waals surface area contributed by atoms with Crippen LogP contribution in [0.3, 0.4) is 0 Å². The number of aromatic nitrogens is 2. The fraction of sp³-hybridized carbons (Fsp3) is 0.600. The van der Waals surface area contributed by atoms with Crippen LogP contribution in [-0.2, 0) is 17.6 Å². The number of fused-ring (bicyclic) bond motifs is 1. The van der Waals surface area contributed by atoms with Gasteiger partial charge in [-0.25, -0.2) is 0 Å². The molecule has 2 N–H and O–H groups in total. The van der Waals surface area contributed by atoms with Gasteiger partial charge in [0.2, 0.25) is 5.91 Å². The van der Waals surface area contributed by atoms with Gasteiger partial charge in [-0.1, -0.05) is 0 Å². The van der Waals surface area contributed by atoms with Crippen LogP contribution in [0.4, 0.5) is 5.82 Å². The molecular formula is C10H13N3O. The number of H-pyrrole nitrogens is 1. The number of carbonyl (C=O) groups excluding carboxylic acids is 1. The number of anilines is 1. The van der Waals surface area contributed by atoms with Crippen molar-refractivity contribution in [1.29, 1.82) is 0 Å². The van der Waals surface area contributed by atoms with Crippen molar-refractivity contribution < 1.29 is 4.79 Å². The third-order valence-electron chi connectivity index (χ3n) is 3.00. The molecule has 1 saturated carbocycles. The lowest BCUT2D eigenvalue weighted by Crippen LogP contribution is -2.14. The summed E-state index contributed by atoms with van der Waals surface area (Å²) in [5.41, 5.74) is 2.43. The first-order valence-corrected chi connectivity index (χ1v) is 5.21. The minimum atomic E-state index is 0.145. The number of rotatable bonds is 2. The van der Waals surface area contributed by atoms with E-state index in [9.17, 15) is 4.79 Å². The fourth-order valence-electron chi connectivity index (χ4n) is 1.99. The lowest BCUT2D eigenvalue weighted by atomic mass is 10.2. The summed E-state index contributed by atoms with van der Waals surface area (Å²) in [6, 6.07) is 0. The average molecular weight is 191 g/mol. The van der Waals surface area contributed by atoms with E-state index in [2.05, 4.69) is 15.5 Å². The van der Waals surface area contributed by atoms with Crippen LogP contribution in [-0.4, -0.2) is 16.1 Å². The van der Waals surface area contributed by atoms with Gasteiger partial charge in [0, 0.05) is 17.2 Å². The Balaban J connectivity index is 1.79. The topological polar surface area (TPSA) is 57.8 Å². The van der Waals surface area contributed by atoms with E-state index in [1.54, 1.807) is 0 Å². The third-order valence-corrected chi connectivity index (χ3v) is 3.00. The Labute approximate surface area is 82.1 Å². The zero-order chi connectivity index (χ0) is 9.54. The minimum Gasteiger partial charge on any atom is -0.309 e. The van der Waals surface area contributed by atoms with E-state index < -0.39 is 0 Å².